The molecular weight excluding hydrogens is 441 g/mol. The molecule has 0 aromatic heterocycles. The molecule has 0 saturated carbocycles. The number of hydroxylamine groups is 1. The van der Waals surface area contributed by atoms with Crippen LogP contribution in [0.3, 0.4) is 0 Å². The number of rotatable bonds is 5. The maximum absolute atomic E-state index is 6.34. The second kappa shape index (κ2) is 7.38. The van der Waals surface area contributed by atoms with Crippen molar-refractivity contribution in [3.8, 4) is 0 Å². The van der Waals surface area contributed by atoms with Crippen molar-refractivity contribution in [1.82, 2.24) is 3.28 Å². The van der Waals surface area contributed by atoms with Crippen LogP contribution in [0.5, 0.6) is 0 Å². The third kappa shape index (κ3) is 4.43. The molecule has 0 aromatic rings. The van der Waals surface area contributed by atoms with Crippen molar-refractivity contribution in [2.24, 2.45) is 5.92 Å². The van der Waals surface area contributed by atoms with Crippen LogP contribution in [0.2, 0.25) is 0 Å². The fourth-order valence-electron chi connectivity index (χ4n) is 3.32. The van der Waals surface area contributed by atoms with Gasteiger partial charge >= 0.3 is 0 Å². The molecule has 2 unspecified atom stereocenters. The van der Waals surface area contributed by atoms with Gasteiger partial charge in [-0.3, -0.25) is 4.84 Å². The lowest BCUT2D eigenvalue weighted by Crippen LogP contribution is -2.40. The second-order valence-corrected chi connectivity index (χ2v) is 10.1. The van der Waals surface area contributed by atoms with E-state index in [0.29, 0.717) is 12.5 Å². The Balaban J connectivity index is 1.80. The van der Waals surface area contributed by atoms with E-state index in [9.17, 15) is 0 Å². The molecule has 3 aliphatic rings. The third-order valence-corrected chi connectivity index (χ3v) is 7.49. The quantitative estimate of drug-likeness (QED) is 0.347. The van der Waals surface area contributed by atoms with Gasteiger partial charge in [0.1, 0.15) is 24.4 Å². The topological polar surface area (TPSA) is 58.6 Å². The first-order valence-electron chi connectivity index (χ1n) is 8.75. The van der Waals surface area contributed by atoms with Crippen molar-refractivity contribution in [3.05, 3.63) is 0 Å². The Bertz CT molecular complexity index is 511. The second-order valence-electron chi connectivity index (χ2n) is 7.85. The molecule has 146 valence electrons. The Morgan fingerprint density at radius 3 is 2.28 bits per heavy atom. The molecule has 3 fully saturated rings. The number of nitrogens with zero attached hydrogens (tertiary/aromatic N) is 1. The Hall–Kier alpha value is 0.320. The first-order valence-corrected chi connectivity index (χ1v) is 11.0. The summed E-state index contributed by atoms with van der Waals surface area (Å²) in [5.74, 6) is -0.747. The van der Waals surface area contributed by atoms with E-state index in [4.69, 9.17) is 28.5 Å². The summed E-state index contributed by atoms with van der Waals surface area (Å²) in [6.07, 6.45) is -1.16. The number of halogens is 1. The van der Waals surface area contributed by atoms with Crippen LogP contribution in [0, 0.1) is 5.92 Å². The predicted molar refractivity (Wildman–Crippen MR) is 101 cm³/mol. The highest BCUT2D eigenvalue weighted by atomic mass is 127. The van der Waals surface area contributed by atoms with Crippen molar-refractivity contribution in [2.45, 2.75) is 83.8 Å². The summed E-state index contributed by atoms with van der Waals surface area (Å²) in [6.45, 7) is 12.5. The standard InChI is InChI=1S/C17H30INO6/c1-10(2)8-18-19(20-7)15-14-13(24-17(5,6)25-14)12(22-15)11-9-21-16(3,4)23-11/h8,10-15H,9H2,1-7H3/t11-,12+,13?,14?,15-/m1/s1. The minimum absolute atomic E-state index is 0.184. The fraction of sp³-hybridized carbons (Fsp3) is 0.941. The zero-order chi connectivity index (χ0) is 18.4. The lowest BCUT2D eigenvalue weighted by atomic mass is 10.1. The number of hydrogen-bond acceptors (Lipinski definition) is 7. The van der Waals surface area contributed by atoms with Gasteiger partial charge in [0.25, 0.3) is 0 Å². The van der Waals surface area contributed by atoms with Gasteiger partial charge in [0, 0.05) is 0 Å². The van der Waals surface area contributed by atoms with Crippen LogP contribution >= 0.6 is 21.0 Å². The molecule has 3 aliphatic heterocycles. The molecule has 0 amide bonds. The lowest BCUT2D eigenvalue weighted by molar-refractivity contribution is -0.240. The van der Waals surface area contributed by atoms with E-state index >= 15 is 0 Å². The monoisotopic (exact) mass is 471 g/mol. The molecule has 8 heteroatoms. The van der Waals surface area contributed by atoms with Gasteiger partial charge in [0.2, 0.25) is 0 Å². The van der Waals surface area contributed by atoms with Crippen molar-refractivity contribution in [1.29, 1.82) is 0 Å². The maximum atomic E-state index is 6.34. The van der Waals surface area contributed by atoms with E-state index in [1.54, 1.807) is 7.11 Å². The van der Waals surface area contributed by atoms with Crippen molar-refractivity contribution in [3.63, 3.8) is 0 Å². The molecule has 0 aliphatic carbocycles. The van der Waals surface area contributed by atoms with Crippen LogP contribution < -0.4 is 0 Å². The normalized spacial score (nSPS) is 40.1. The van der Waals surface area contributed by atoms with Gasteiger partial charge in [0.05, 0.1) is 13.7 Å². The van der Waals surface area contributed by atoms with Gasteiger partial charge < -0.3 is 23.7 Å². The van der Waals surface area contributed by atoms with Crippen LogP contribution in [0.25, 0.3) is 0 Å². The van der Waals surface area contributed by atoms with Crippen molar-refractivity contribution < 1.29 is 28.5 Å². The molecule has 0 radical (unpaired) electrons. The Morgan fingerprint density at radius 1 is 1.04 bits per heavy atom. The van der Waals surface area contributed by atoms with Gasteiger partial charge in [0.15, 0.2) is 17.8 Å². The van der Waals surface area contributed by atoms with Crippen LogP contribution in [-0.2, 0) is 28.5 Å². The summed E-state index contributed by atoms with van der Waals surface area (Å²) < 4.78 is 34.6. The Morgan fingerprint density at radius 2 is 1.72 bits per heavy atom. The molecule has 0 spiro atoms. The molecule has 3 saturated heterocycles. The van der Waals surface area contributed by atoms with E-state index < -0.39 is 32.6 Å². The zero-order valence-corrected chi connectivity index (χ0v) is 18.2. The highest BCUT2D eigenvalue weighted by molar-refractivity contribution is 14.2. The first-order chi connectivity index (χ1) is 11.6. The van der Waals surface area contributed by atoms with Gasteiger partial charge in [-0.2, -0.15) is 0 Å². The summed E-state index contributed by atoms with van der Waals surface area (Å²) in [6, 6.07) is 0. The predicted octanol–water partition coefficient (Wildman–Crippen LogP) is 2.59. The first kappa shape index (κ1) is 20.1. The highest BCUT2D eigenvalue weighted by Gasteiger charge is 2.60. The van der Waals surface area contributed by atoms with Gasteiger partial charge in [-0.05, 0) is 58.6 Å². The molecule has 3 heterocycles. The molecule has 25 heavy (non-hydrogen) atoms. The van der Waals surface area contributed by atoms with Crippen LogP contribution in [0.15, 0.2) is 0 Å². The SMILES string of the molecule is CON(I=CC(C)C)[C@@H]1O[C@@H]([C@H]2COC(C)(C)O2)C2OC(C)(C)OC21. The van der Waals surface area contributed by atoms with E-state index in [2.05, 4.69) is 17.9 Å². The number of hydrogen-bond donors (Lipinski definition) is 0. The molecule has 0 aromatic carbocycles. The van der Waals surface area contributed by atoms with E-state index in [0.717, 1.165) is 0 Å². The summed E-state index contributed by atoms with van der Waals surface area (Å²) in [7, 11) is 1.68. The summed E-state index contributed by atoms with van der Waals surface area (Å²) in [5, 5.41) is 0. The van der Waals surface area contributed by atoms with E-state index in [1.165, 1.54) is 0 Å². The molecule has 0 N–H and O–H groups in total. The maximum Gasteiger partial charge on any atom is 0.172 e. The zero-order valence-electron chi connectivity index (χ0n) is 16.0. The van der Waals surface area contributed by atoms with Crippen molar-refractivity contribution in [2.75, 3.05) is 13.7 Å². The Labute approximate surface area is 160 Å². The Kier molecular flexibility index (Phi) is 5.93. The molecular formula is C17H30INO6. The average molecular weight is 471 g/mol. The average Bonchev–Trinajstić information content (AvgIpc) is 3.10. The molecule has 0 bridgehead atoms. The fourth-order valence-corrected chi connectivity index (χ4v) is 5.27. The van der Waals surface area contributed by atoms with E-state index in [-0.39, 0.29) is 30.6 Å². The minimum atomic E-state index is -0.649. The van der Waals surface area contributed by atoms with Crippen LogP contribution in [0.1, 0.15) is 41.5 Å². The van der Waals surface area contributed by atoms with Gasteiger partial charge in [-0.15, -0.1) is 3.28 Å². The summed E-state index contributed by atoms with van der Waals surface area (Å²) >= 11 is -0.449. The summed E-state index contributed by atoms with van der Waals surface area (Å²) in [4.78, 5) is 5.63. The molecule has 3 rings (SSSR count). The lowest BCUT2D eigenvalue weighted by Gasteiger charge is -2.29. The van der Waals surface area contributed by atoms with E-state index in [1.807, 2.05) is 31.0 Å². The number of ether oxygens (including phenoxy) is 5. The minimum Gasteiger partial charge on any atom is -0.348 e. The van der Waals surface area contributed by atoms with Gasteiger partial charge in [-0.25, -0.2) is 0 Å². The van der Waals surface area contributed by atoms with Gasteiger partial charge in [-0.1, -0.05) is 13.8 Å². The summed E-state index contributed by atoms with van der Waals surface area (Å²) in [5.41, 5.74) is 0. The van der Waals surface area contributed by atoms with Crippen LogP contribution in [-0.4, -0.2) is 63.2 Å². The third-order valence-electron chi connectivity index (χ3n) is 4.24. The number of fused-ring (bicyclic) bond motifs is 1. The smallest absolute Gasteiger partial charge is 0.172 e. The largest absolute Gasteiger partial charge is 0.348 e. The molecule has 7 nitrogen and oxygen atoms in total. The van der Waals surface area contributed by atoms with Crippen LogP contribution in [0.4, 0.5) is 0 Å². The highest BCUT2D eigenvalue weighted by Crippen LogP contribution is 2.44. The molecule has 5 atom stereocenters. The van der Waals surface area contributed by atoms with Crippen molar-refractivity contribution >= 4 is 25.0 Å².